The van der Waals surface area contributed by atoms with Crippen molar-refractivity contribution in [2.45, 2.75) is 41.0 Å². The van der Waals surface area contributed by atoms with E-state index < -0.39 is 0 Å². The van der Waals surface area contributed by atoms with Gasteiger partial charge in [-0.15, -0.1) is 11.3 Å². The van der Waals surface area contributed by atoms with E-state index in [1.54, 1.807) is 16.2 Å². The number of likely N-dealkylation sites (N-methyl/N-ethyl adjacent to an activating group) is 1. The summed E-state index contributed by atoms with van der Waals surface area (Å²) in [5.74, 6) is 1.53. The van der Waals surface area contributed by atoms with E-state index in [-0.39, 0.29) is 0 Å². The Morgan fingerprint density at radius 2 is 1.74 bits per heavy atom. The highest BCUT2D eigenvalue weighted by Crippen LogP contribution is 2.26. The average molecular weight is 536 g/mol. The van der Waals surface area contributed by atoms with Crippen molar-refractivity contribution in [3.63, 3.8) is 0 Å². The van der Waals surface area contributed by atoms with E-state index in [1.165, 1.54) is 0 Å². The average Bonchev–Trinajstić information content (AvgIpc) is 3.51. The minimum atomic E-state index is 0.711. The van der Waals surface area contributed by atoms with Crippen molar-refractivity contribution in [1.82, 2.24) is 34.6 Å². The summed E-state index contributed by atoms with van der Waals surface area (Å²) in [4.78, 5) is 32.2. The number of pyridine rings is 1. The lowest BCUT2D eigenvalue weighted by Crippen LogP contribution is -2.35. The molecule has 0 aliphatic heterocycles. The van der Waals surface area contributed by atoms with Crippen molar-refractivity contribution < 1.29 is 4.79 Å². The van der Waals surface area contributed by atoms with Gasteiger partial charge in [0.2, 0.25) is 12.4 Å². The normalized spacial score (nSPS) is 10.5. The fourth-order valence-corrected chi connectivity index (χ4v) is 4.36. The number of nitrogens with one attached hydrogen (secondary N) is 1. The number of aryl methyl sites for hydroxylation is 4. The minimum absolute atomic E-state index is 0.711. The maximum atomic E-state index is 10.9. The second-order valence-electron chi connectivity index (χ2n) is 8.96. The Morgan fingerprint density at radius 3 is 2.32 bits per heavy atom. The molecule has 4 rings (SSSR count). The van der Waals surface area contributed by atoms with E-state index in [4.69, 9.17) is 0 Å². The Morgan fingerprint density at radius 1 is 1.00 bits per heavy atom. The van der Waals surface area contributed by atoms with Crippen molar-refractivity contribution in [3.8, 4) is 11.4 Å². The van der Waals surface area contributed by atoms with E-state index in [9.17, 15) is 4.79 Å². The molecule has 4 aromatic heterocycles. The summed E-state index contributed by atoms with van der Waals surface area (Å²) in [7, 11) is 1.93. The number of carbonyl (C=O) groups excluding carboxylic acids is 1. The molecule has 1 N–H and O–H groups in total. The summed E-state index contributed by atoms with van der Waals surface area (Å²) < 4.78 is 1.85. The van der Waals surface area contributed by atoms with Crippen molar-refractivity contribution in [3.05, 3.63) is 59.0 Å². The van der Waals surface area contributed by atoms with Crippen LogP contribution in [-0.4, -0.2) is 67.2 Å². The first-order chi connectivity index (χ1) is 18.3. The van der Waals surface area contributed by atoms with Gasteiger partial charge in [-0.1, -0.05) is 13.0 Å². The number of anilines is 3. The molecule has 0 saturated carbocycles. The van der Waals surface area contributed by atoms with Gasteiger partial charge in [0.1, 0.15) is 11.5 Å². The largest absolute Gasteiger partial charge is 0.344 e. The Kier molecular flexibility index (Phi) is 10.7. The molecule has 0 aromatic carbocycles. The van der Waals surface area contributed by atoms with Crippen LogP contribution < -0.4 is 10.2 Å². The van der Waals surface area contributed by atoms with Crippen LogP contribution in [0.3, 0.4) is 0 Å². The predicted octanol–water partition coefficient (Wildman–Crippen LogP) is 4.78. The molecule has 202 valence electrons. The maximum absolute atomic E-state index is 10.9. The number of carbonyl (C=O) groups is 1. The molecule has 0 aliphatic rings. The summed E-state index contributed by atoms with van der Waals surface area (Å²) >= 11 is 1.56. The molecule has 0 unspecified atom stereocenters. The topological polar surface area (TPSA) is 105 Å². The van der Waals surface area contributed by atoms with Crippen molar-refractivity contribution in [1.29, 1.82) is 0 Å². The summed E-state index contributed by atoms with van der Waals surface area (Å²) in [6.07, 6.45) is 7.35. The molecule has 1 amide bonds. The molecule has 0 spiro atoms. The number of amides is 1. The quantitative estimate of drug-likeness (QED) is 0.274. The third-order valence-corrected chi connectivity index (χ3v) is 6.42. The number of aromatic nitrogens is 6. The molecule has 0 radical (unpaired) electrons. The maximum Gasteiger partial charge on any atom is 0.225 e. The van der Waals surface area contributed by atoms with Crippen molar-refractivity contribution >= 4 is 34.6 Å². The van der Waals surface area contributed by atoms with Gasteiger partial charge in [0, 0.05) is 57.2 Å². The number of nitrogens with zero attached hydrogens (tertiary/aromatic N) is 8. The van der Waals surface area contributed by atoms with Gasteiger partial charge in [-0.3, -0.25) is 9.48 Å². The third kappa shape index (κ3) is 8.34. The first-order valence-corrected chi connectivity index (χ1v) is 13.6. The molecular weight excluding hydrogens is 498 g/mol. The van der Waals surface area contributed by atoms with Gasteiger partial charge in [0.05, 0.1) is 11.4 Å². The van der Waals surface area contributed by atoms with Gasteiger partial charge in [0.15, 0.2) is 5.13 Å². The van der Waals surface area contributed by atoms with E-state index in [0.717, 1.165) is 77.6 Å². The summed E-state index contributed by atoms with van der Waals surface area (Å²) in [6.45, 7) is 13.2. The van der Waals surface area contributed by atoms with Crippen molar-refractivity contribution in [2.24, 2.45) is 7.05 Å². The van der Waals surface area contributed by atoms with E-state index >= 15 is 0 Å². The van der Waals surface area contributed by atoms with Crippen molar-refractivity contribution in [2.75, 3.05) is 36.4 Å². The number of hydrogen-bond acceptors (Lipinski definition) is 9. The second-order valence-corrected chi connectivity index (χ2v) is 9.82. The van der Waals surface area contributed by atoms with Gasteiger partial charge < -0.3 is 15.1 Å². The van der Waals surface area contributed by atoms with E-state index in [2.05, 4.69) is 49.1 Å². The molecule has 10 nitrogen and oxygen atoms in total. The summed E-state index contributed by atoms with van der Waals surface area (Å²) in [5, 5.41) is 10.4. The summed E-state index contributed by atoms with van der Waals surface area (Å²) in [5.41, 5.74) is 5.12. The van der Waals surface area contributed by atoms with Crippen LogP contribution in [0.5, 0.6) is 0 Å². The lowest BCUT2D eigenvalue weighted by molar-refractivity contribution is -0.118. The lowest BCUT2D eigenvalue weighted by Gasteiger charge is -2.24. The fraction of sp³-hybridized carbons (Fsp3) is 0.407. The van der Waals surface area contributed by atoms with Gasteiger partial charge in [-0.2, -0.15) is 5.10 Å². The number of rotatable bonds is 11. The number of thiazole rings is 1. The standard InChI is InChI=1S/C14H15N5S.C13H22N4O/c1-9-4-5-13(15-7-9)17-14-16-11(8-20-14)12-6-10(2)18-19(12)3;1-4-6-16(11-18)7-8-17(5-2)13-14-9-12(3)10-15-13/h4-8H,1-3H3,(H,15,16,17);9-11H,4-8H2,1-3H3. The highest BCUT2D eigenvalue weighted by atomic mass is 32.1. The Hall–Kier alpha value is -3.86. The Labute approximate surface area is 228 Å². The van der Waals surface area contributed by atoms with Crippen LogP contribution in [0, 0.1) is 20.8 Å². The van der Waals surface area contributed by atoms with Gasteiger partial charge in [-0.05, 0) is 57.4 Å². The monoisotopic (exact) mass is 535 g/mol. The van der Waals surface area contributed by atoms with Crippen LogP contribution in [0.2, 0.25) is 0 Å². The highest BCUT2D eigenvalue weighted by molar-refractivity contribution is 7.14. The first kappa shape index (κ1) is 28.7. The van der Waals surface area contributed by atoms with Crippen LogP contribution in [0.25, 0.3) is 11.4 Å². The molecule has 38 heavy (non-hydrogen) atoms. The first-order valence-electron chi connectivity index (χ1n) is 12.7. The zero-order valence-corrected chi connectivity index (χ0v) is 23.9. The summed E-state index contributed by atoms with van der Waals surface area (Å²) in [6, 6.07) is 6.00. The highest BCUT2D eigenvalue weighted by Gasteiger charge is 2.10. The Bertz CT molecular complexity index is 1270. The van der Waals surface area contributed by atoms with E-state index in [0.29, 0.717) is 6.54 Å². The number of hydrogen-bond donors (Lipinski definition) is 1. The van der Waals surface area contributed by atoms with Gasteiger partial charge in [-0.25, -0.2) is 19.9 Å². The molecule has 0 atom stereocenters. The smallest absolute Gasteiger partial charge is 0.225 e. The second kappa shape index (κ2) is 14.2. The zero-order chi connectivity index (χ0) is 27.5. The Balaban J connectivity index is 0.000000212. The molecule has 0 bridgehead atoms. The molecule has 11 heteroatoms. The van der Waals surface area contributed by atoms with E-state index in [1.807, 2.05) is 74.7 Å². The lowest BCUT2D eigenvalue weighted by atomic mass is 10.3. The molecule has 0 fully saturated rings. The van der Waals surface area contributed by atoms with Crippen LogP contribution in [-0.2, 0) is 11.8 Å². The zero-order valence-electron chi connectivity index (χ0n) is 23.0. The predicted molar refractivity (Wildman–Crippen MR) is 154 cm³/mol. The SMILES string of the molecule is CCCN(C=O)CCN(CC)c1ncc(C)cn1.Cc1ccc(Nc2nc(-c3cc(C)nn3C)cs2)nc1. The van der Waals surface area contributed by atoms with Crippen LogP contribution in [0.4, 0.5) is 16.9 Å². The van der Waals surface area contributed by atoms with Gasteiger partial charge >= 0.3 is 0 Å². The molecule has 4 aromatic rings. The minimum Gasteiger partial charge on any atom is -0.344 e. The molecule has 4 heterocycles. The molecule has 0 aliphatic carbocycles. The van der Waals surface area contributed by atoms with Crippen LogP contribution in [0.15, 0.2) is 42.2 Å². The molecular formula is C27H37N9OS. The third-order valence-electron chi connectivity index (χ3n) is 5.66. The molecule has 0 saturated heterocycles. The van der Waals surface area contributed by atoms with Crippen LogP contribution in [0.1, 0.15) is 37.1 Å². The van der Waals surface area contributed by atoms with Crippen LogP contribution >= 0.6 is 11.3 Å². The fourth-order valence-electron chi connectivity index (χ4n) is 3.65. The van der Waals surface area contributed by atoms with Gasteiger partial charge in [0.25, 0.3) is 0 Å².